The minimum atomic E-state index is -4.97. The summed E-state index contributed by atoms with van der Waals surface area (Å²) in [7, 11) is 0. The van der Waals surface area contributed by atoms with Crippen molar-refractivity contribution >= 4 is 17.4 Å². The molecule has 152 valence electrons. The molecule has 0 aromatic heterocycles. The number of rotatable bonds is 2. The van der Waals surface area contributed by atoms with Gasteiger partial charge in [0.2, 0.25) is 0 Å². The molecule has 2 atom stereocenters. The first-order valence-electron chi connectivity index (χ1n) is 9.32. The number of benzene rings is 2. The topological polar surface area (TPSA) is 58.6 Å². The number of hydrogen-bond acceptors (Lipinski definition) is 4. The Morgan fingerprint density at radius 2 is 1.83 bits per heavy atom. The van der Waals surface area contributed by atoms with E-state index in [1.54, 1.807) is 42.5 Å². The van der Waals surface area contributed by atoms with Crippen LogP contribution in [0.15, 0.2) is 42.5 Å². The van der Waals surface area contributed by atoms with Gasteiger partial charge in [0.05, 0.1) is 17.8 Å². The van der Waals surface area contributed by atoms with Crippen LogP contribution in [-0.4, -0.2) is 30.5 Å². The Hall–Kier alpha value is -3.03. The van der Waals surface area contributed by atoms with Crippen molar-refractivity contribution in [3.63, 3.8) is 0 Å². The van der Waals surface area contributed by atoms with Gasteiger partial charge in [0.1, 0.15) is 5.75 Å². The minimum Gasteiger partial charge on any atom is -0.455 e. The van der Waals surface area contributed by atoms with Crippen molar-refractivity contribution in [3.05, 3.63) is 53.6 Å². The van der Waals surface area contributed by atoms with E-state index in [1.807, 2.05) is 4.90 Å². The van der Waals surface area contributed by atoms with Crippen molar-refractivity contribution in [3.8, 4) is 11.5 Å². The lowest BCUT2D eigenvalue weighted by atomic mass is 9.88. The van der Waals surface area contributed by atoms with Gasteiger partial charge < -0.3 is 15.0 Å². The third kappa shape index (κ3) is 3.43. The van der Waals surface area contributed by atoms with Gasteiger partial charge in [-0.05, 0) is 38.0 Å². The zero-order valence-electron chi connectivity index (χ0n) is 15.6. The van der Waals surface area contributed by atoms with Gasteiger partial charge in [0.25, 0.3) is 0 Å². The average molecular weight is 404 g/mol. The summed E-state index contributed by atoms with van der Waals surface area (Å²) in [6, 6.07) is 10.8. The lowest BCUT2D eigenvalue weighted by molar-refractivity contribution is -0.174. The fourth-order valence-corrected chi connectivity index (χ4v) is 4.15. The number of piperidine rings is 1. The Labute approximate surface area is 165 Å². The molecule has 0 radical (unpaired) electrons. The lowest BCUT2D eigenvalue weighted by Crippen LogP contribution is -2.53. The summed E-state index contributed by atoms with van der Waals surface area (Å²) in [5.41, 5.74) is 1.65. The van der Waals surface area contributed by atoms with Crippen molar-refractivity contribution < 1.29 is 27.5 Å². The fraction of sp³-hybridized carbons (Fsp3) is 0.333. The number of ketones is 1. The van der Waals surface area contributed by atoms with Gasteiger partial charge >= 0.3 is 12.1 Å². The summed E-state index contributed by atoms with van der Waals surface area (Å²) in [5.74, 6) is -1.17. The molecule has 8 heteroatoms. The number of hydrogen-bond donors (Lipinski definition) is 1. The lowest BCUT2D eigenvalue weighted by Gasteiger charge is -2.43. The SMILES string of the molecule is CC(=O)c1cccc2c1N1CCC[C@H](NC(=O)C(F)(F)F)[C@@H]1c1ccccc1O2. The van der Waals surface area contributed by atoms with Crippen LogP contribution in [0.4, 0.5) is 18.9 Å². The number of carbonyl (C=O) groups excluding carboxylic acids is 2. The average Bonchev–Trinajstić information content (AvgIpc) is 2.82. The summed E-state index contributed by atoms with van der Waals surface area (Å²) in [6.45, 7) is 1.97. The van der Waals surface area contributed by atoms with Crippen LogP contribution in [-0.2, 0) is 4.79 Å². The number of ether oxygens (including phenoxy) is 1. The molecule has 2 aliphatic heterocycles. The van der Waals surface area contributed by atoms with Crippen LogP contribution in [0, 0.1) is 0 Å². The molecule has 29 heavy (non-hydrogen) atoms. The Kier molecular flexibility index (Phi) is 4.72. The van der Waals surface area contributed by atoms with Gasteiger partial charge in [-0.25, -0.2) is 0 Å². The third-order valence-electron chi connectivity index (χ3n) is 5.33. The number of Topliss-reactive ketones (excluding diaryl/α,β-unsaturated/α-hetero) is 1. The molecule has 0 spiro atoms. The van der Waals surface area contributed by atoms with Crippen LogP contribution in [0.1, 0.15) is 41.7 Å². The number of carbonyl (C=O) groups is 2. The van der Waals surface area contributed by atoms with E-state index in [0.717, 1.165) is 0 Å². The van der Waals surface area contributed by atoms with Gasteiger partial charge in [-0.1, -0.05) is 24.3 Å². The molecule has 4 rings (SSSR count). The molecule has 1 amide bonds. The van der Waals surface area contributed by atoms with E-state index < -0.39 is 24.2 Å². The highest BCUT2D eigenvalue weighted by molar-refractivity contribution is 6.01. The fourth-order valence-electron chi connectivity index (χ4n) is 4.15. The van der Waals surface area contributed by atoms with Gasteiger partial charge in [-0.2, -0.15) is 13.2 Å². The molecular weight excluding hydrogens is 385 g/mol. The Morgan fingerprint density at radius 1 is 1.10 bits per heavy atom. The number of alkyl halides is 3. The summed E-state index contributed by atoms with van der Waals surface area (Å²) < 4.78 is 44.8. The van der Waals surface area contributed by atoms with Gasteiger partial charge in [0.15, 0.2) is 11.5 Å². The van der Waals surface area contributed by atoms with Crippen LogP contribution in [0.5, 0.6) is 11.5 Å². The predicted octanol–water partition coefficient (Wildman–Crippen LogP) is 4.38. The molecule has 1 saturated heterocycles. The first-order valence-corrected chi connectivity index (χ1v) is 9.32. The second kappa shape index (κ2) is 7.09. The van der Waals surface area contributed by atoms with E-state index in [9.17, 15) is 22.8 Å². The maximum Gasteiger partial charge on any atom is 0.471 e. The monoisotopic (exact) mass is 404 g/mol. The minimum absolute atomic E-state index is 0.170. The van der Waals surface area contributed by atoms with Gasteiger partial charge in [0, 0.05) is 17.7 Å². The highest BCUT2D eigenvalue weighted by Gasteiger charge is 2.44. The van der Waals surface area contributed by atoms with Gasteiger partial charge in [-0.3, -0.25) is 9.59 Å². The Morgan fingerprint density at radius 3 is 2.55 bits per heavy atom. The number of halogens is 3. The van der Waals surface area contributed by atoms with E-state index in [1.165, 1.54) is 6.92 Å². The van der Waals surface area contributed by atoms with E-state index in [2.05, 4.69) is 5.32 Å². The van der Waals surface area contributed by atoms with Crippen LogP contribution >= 0.6 is 0 Å². The van der Waals surface area contributed by atoms with E-state index in [0.29, 0.717) is 47.7 Å². The number of para-hydroxylation sites is 2. The maximum absolute atomic E-state index is 12.9. The molecule has 2 heterocycles. The van der Waals surface area contributed by atoms with Crippen LogP contribution in [0.3, 0.4) is 0 Å². The maximum atomic E-state index is 12.9. The van der Waals surface area contributed by atoms with Crippen molar-refractivity contribution in [2.24, 2.45) is 0 Å². The summed E-state index contributed by atoms with van der Waals surface area (Å²) in [6.07, 6.45) is -4.02. The molecule has 5 nitrogen and oxygen atoms in total. The quantitative estimate of drug-likeness (QED) is 0.755. The summed E-state index contributed by atoms with van der Waals surface area (Å²) in [4.78, 5) is 25.8. The molecule has 2 aromatic rings. The summed E-state index contributed by atoms with van der Waals surface area (Å²) >= 11 is 0. The first-order chi connectivity index (χ1) is 13.8. The number of anilines is 1. The molecule has 0 aliphatic carbocycles. The molecule has 1 fully saturated rings. The largest absolute Gasteiger partial charge is 0.471 e. The highest BCUT2D eigenvalue weighted by atomic mass is 19.4. The smallest absolute Gasteiger partial charge is 0.455 e. The third-order valence-corrected chi connectivity index (χ3v) is 5.33. The first kappa shape index (κ1) is 19.3. The second-order valence-electron chi connectivity index (χ2n) is 7.21. The zero-order chi connectivity index (χ0) is 20.8. The second-order valence-corrected chi connectivity index (χ2v) is 7.21. The van der Waals surface area contributed by atoms with Crippen LogP contribution < -0.4 is 15.0 Å². The molecule has 1 N–H and O–H groups in total. The standard InChI is InChI=1S/C21H19F3N2O3/c1-12(27)13-7-4-10-17-19(13)26-11-5-8-15(25-20(28)21(22,23)24)18(26)14-6-2-3-9-16(14)29-17/h2-4,6-7,9-10,15,18H,5,8,11H2,1H3,(H,25,28)/t15-,18-/m0/s1. The molecule has 0 bridgehead atoms. The van der Waals surface area contributed by atoms with Gasteiger partial charge in [-0.15, -0.1) is 0 Å². The molecular formula is C21H19F3N2O3. The summed E-state index contributed by atoms with van der Waals surface area (Å²) in [5, 5.41) is 2.16. The predicted molar refractivity (Wildman–Crippen MR) is 100 cm³/mol. The number of amides is 1. The Balaban J connectivity index is 1.86. The van der Waals surface area contributed by atoms with E-state index in [-0.39, 0.29) is 5.78 Å². The normalized spacial score (nSPS) is 20.5. The van der Waals surface area contributed by atoms with Crippen molar-refractivity contribution in [1.82, 2.24) is 5.32 Å². The molecule has 2 aromatic carbocycles. The molecule has 0 unspecified atom stereocenters. The number of nitrogens with zero attached hydrogens (tertiary/aromatic N) is 1. The number of fused-ring (bicyclic) bond motifs is 5. The van der Waals surface area contributed by atoms with E-state index >= 15 is 0 Å². The highest BCUT2D eigenvalue weighted by Crippen LogP contribution is 2.49. The molecule has 2 aliphatic rings. The van der Waals surface area contributed by atoms with Crippen molar-refractivity contribution in [1.29, 1.82) is 0 Å². The Bertz CT molecular complexity index is 974. The van der Waals surface area contributed by atoms with Crippen molar-refractivity contribution in [2.75, 3.05) is 11.4 Å². The number of nitrogens with one attached hydrogen (secondary N) is 1. The van der Waals surface area contributed by atoms with E-state index in [4.69, 9.17) is 4.74 Å². The van der Waals surface area contributed by atoms with Crippen LogP contribution in [0.2, 0.25) is 0 Å². The molecule has 0 saturated carbocycles. The van der Waals surface area contributed by atoms with Crippen molar-refractivity contribution in [2.45, 2.75) is 38.0 Å². The van der Waals surface area contributed by atoms with Crippen LogP contribution in [0.25, 0.3) is 0 Å². The zero-order valence-corrected chi connectivity index (χ0v) is 15.6.